The fourth-order valence-electron chi connectivity index (χ4n) is 1.89. The smallest absolute Gasteiger partial charge is 0.167 e. The van der Waals surface area contributed by atoms with E-state index in [0.717, 1.165) is 17.0 Å². The Bertz CT molecular complexity index is 658. The molecule has 0 aliphatic carbocycles. The molecule has 3 heteroatoms. The van der Waals surface area contributed by atoms with Crippen LogP contribution in [0.2, 0.25) is 0 Å². The SMILES string of the molecule is NCc1cc(-c2ccc3ccccc3c2)on1. The zero-order valence-corrected chi connectivity index (χ0v) is 9.26. The van der Waals surface area contributed by atoms with Crippen LogP contribution in [0.1, 0.15) is 5.69 Å². The number of rotatable bonds is 2. The van der Waals surface area contributed by atoms with Gasteiger partial charge in [0.25, 0.3) is 0 Å². The molecule has 0 aliphatic rings. The minimum Gasteiger partial charge on any atom is -0.356 e. The number of hydrogen-bond acceptors (Lipinski definition) is 3. The fraction of sp³-hybridized carbons (Fsp3) is 0.0714. The zero-order valence-electron chi connectivity index (χ0n) is 9.26. The second kappa shape index (κ2) is 4.03. The molecule has 0 saturated heterocycles. The monoisotopic (exact) mass is 224 g/mol. The van der Waals surface area contributed by atoms with Crippen LogP contribution in [0, 0.1) is 0 Å². The maximum Gasteiger partial charge on any atom is 0.167 e. The lowest BCUT2D eigenvalue weighted by molar-refractivity contribution is 0.424. The van der Waals surface area contributed by atoms with E-state index in [9.17, 15) is 0 Å². The quantitative estimate of drug-likeness (QED) is 0.728. The van der Waals surface area contributed by atoms with Crippen LogP contribution >= 0.6 is 0 Å². The summed E-state index contributed by atoms with van der Waals surface area (Å²) in [6, 6.07) is 16.3. The van der Waals surface area contributed by atoms with E-state index >= 15 is 0 Å². The largest absolute Gasteiger partial charge is 0.356 e. The van der Waals surface area contributed by atoms with Gasteiger partial charge in [0.15, 0.2) is 5.76 Å². The average Bonchev–Trinajstić information content (AvgIpc) is 2.87. The van der Waals surface area contributed by atoms with Gasteiger partial charge in [0.2, 0.25) is 0 Å². The van der Waals surface area contributed by atoms with E-state index < -0.39 is 0 Å². The molecule has 84 valence electrons. The Morgan fingerprint density at radius 3 is 2.59 bits per heavy atom. The predicted molar refractivity (Wildman–Crippen MR) is 67.3 cm³/mol. The summed E-state index contributed by atoms with van der Waals surface area (Å²) in [6.45, 7) is 0.400. The maximum atomic E-state index is 5.51. The molecule has 0 amide bonds. The minimum atomic E-state index is 0.400. The Labute approximate surface area is 98.8 Å². The van der Waals surface area contributed by atoms with Crippen molar-refractivity contribution in [2.45, 2.75) is 6.54 Å². The Balaban J connectivity index is 2.11. The molecule has 1 heterocycles. The number of aromatic nitrogens is 1. The highest BCUT2D eigenvalue weighted by atomic mass is 16.5. The van der Waals surface area contributed by atoms with Gasteiger partial charge >= 0.3 is 0 Å². The molecule has 0 atom stereocenters. The molecule has 0 saturated carbocycles. The minimum absolute atomic E-state index is 0.400. The fourth-order valence-corrected chi connectivity index (χ4v) is 1.89. The summed E-state index contributed by atoms with van der Waals surface area (Å²) in [6.07, 6.45) is 0. The van der Waals surface area contributed by atoms with Crippen LogP contribution in [0.25, 0.3) is 22.1 Å². The Hall–Kier alpha value is -2.13. The van der Waals surface area contributed by atoms with E-state index in [1.807, 2.05) is 24.3 Å². The molecule has 1 aromatic heterocycles. The van der Waals surface area contributed by atoms with Crippen molar-refractivity contribution in [3.63, 3.8) is 0 Å². The van der Waals surface area contributed by atoms with Crippen molar-refractivity contribution in [1.82, 2.24) is 5.16 Å². The third-order valence-electron chi connectivity index (χ3n) is 2.80. The lowest BCUT2D eigenvalue weighted by Crippen LogP contribution is -1.94. The Morgan fingerprint density at radius 1 is 1.00 bits per heavy atom. The molecule has 3 nitrogen and oxygen atoms in total. The third-order valence-corrected chi connectivity index (χ3v) is 2.80. The van der Waals surface area contributed by atoms with Gasteiger partial charge in [-0.1, -0.05) is 41.6 Å². The van der Waals surface area contributed by atoms with Gasteiger partial charge in [0.05, 0.1) is 5.69 Å². The summed E-state index contributed by atoms with van der Waals surface area (Å²) in [7, 11) is 0. The number of nitrogens with two attached hydrogens (primary N) is 1. The van der Waals surface area contributed by atoms with Crippen LogP contribution < -0.4 is 5.73 Å². The summed E-state index contributed by atoms with van der Waals surface area (Å²) in [5.41, 5.74) is 7.30. The zero-order chi connectivity index (χ0) is 11.7. The number of nitrogens with zero attached hydrogens (tertiary/aromatic N) is 1. The number of fused-ring (bicyclic) bond motifs is 1. The van der Waals surface area contributed by atoms with E-state index in [4.69, 9.17) is 10.3 Å². The van der Waals surface area contributed by atoms with Crippen LogP contribution in [-0.2, 0) is 6.54 Å². The summed E-state index contributed by atoms with van der Waals surface area (Å²) < 4.78 is 5.26. The summed E-state index contributed by atoms with van der Waals surface area (Å²) >= 11 is 0. The number of hydrogen-bond donors (Lipinski definition) is 1. The molecule has 2 N–H and O–H groups in total. The van der Waals surface area contributed by atoms with Crippen LogP contribution in [0.4, 0.5) is 0 Å². The lowest BCUT2D eigenvalue weighted by Gasteiger charge is -1.99. The van der Waals surface area contributed by atoms with Gasteiger partial charge in [-0.3, -0.25) is 0 Å². The van der Waals surface area contributed by atoms with Crippen LogP contribution in [0.15, 0.2) is 53.1 Å². The molecule has 0 aliphatic heterocycles. The molecule has 0 spiro atoms. The van der Waals surface area contributed by atoms with Crippen LogP contribution in [0.5, 0.6) is 0 Å². The molecule has 0 unspecified atom stereocenters. The number of benzene rings is 2. The van der Waals surface area contributed by atoms with Gasteiger partial charge in [-0.05, 0) is 16.8 Å². The third kappa shape index (κ3) is 1.81. The highest BCUT2D eigenvalue weighted by molar-refractivity contribution is 5.86. The standard InChI is InChI=1S/C14H12N2O/c15-9-13-8-14(17-16-13)12-6-5-10-3-1-2-4-11(10)7-12/h1-8H,9,15H2. The molecular formula is C14H12N2O. The van der Waals surface area contributed by atoms with Gasteiger partial charge in [0, 0.05) is 18.2 Å². The van der Waals surface area contributed by atoms with Crippen LogP contribution in [-0.4, -0.2) is 5.16 Å². The van der Waals surface area contributed by atoms with E-state index in [2.05, 4.69) is 29.4 Å². The van der Waals surface area contributed by atoms with Gasteiger partial charge in [0.1, 0.15) is 0 Å². The molecule has 0 fully saturated rings. The van der Waals surface area contributed by atoms with Crippen molar-refractivity contribution in [1.29, 1.82) is 0 Å². The van der Waals surface area contributed by atoms with Crippen molar-refractivity contribution in [2.75, 3.05) is 0 Å². The van der Waals surface area contributed by atoms with Crippen molar-refractivity contribution < 1.29 is 4.52 Å². The van der Waals surface area contributed by atoms with E-state index in [1.165, 1.54) is 10.8 Å². The van der Waals surface area contributed by atoms with Crippen molar-refractivity contribution in [3.8, 4) is 11.3 Å². The van der Waals surface area contributed by atoms with Gasteiger partial charge in [-0.2, -0.15) is 0 Å². The van der Waals surface area contributed by atoms with Crippen molar-refractivity contribution in [3.05, 3.63) is 54.2 Å². The Morgan fingerprint density at radius 2 is 1.82 bits per heavy atom. The van der Waals surface area contributed by atoms with E-state index in [0.29, 0.717) is 6.54 Å². The summed E-state index contributed by atoms with van der Waals surface area (Å²) in [5.74, 6) is 0.760. The molecule has 3 rings (SSSR count). The molecule has 2 aromatic carbocycles. The van der Waals surface area contributed by atoms with Crippen LogP contribution in [0.3, 0.4) is 0 Å². The van der Waals surface area contributed by atoms with Crippen molar-refractivity contribution in [2.24, 2.45) is 5.73 Å². The van der Waals surface area contributed by atoms with E-state index in [1.54, 1.807) is 0 Å². The first-order valence-electron chi connectivity index (χ1n) is 5.51. The topological polar surface area (TPSA) is 52.0 Å². The summed E-state index contributed by atoms with van der Waals surface area (Å²) in [5, 5.41) is 6.30. The first kappa shape index (κ1) is 10.1. The molecule has 17 heavy (non-hydrogen) atoms. The van der Waals surface area contributed by atoms with E-state index in [-0.39, 0.29) is 0 Å². The first-order valence-corrected chi connectivity index (χ1v) is 5.51. The lowest BCUT2D eigenvalue weighted by atomic mass is 10.1. The highest BCUT2D eigenvalue weighted by Crippen LogP contribution is 2.24. The predicted octanol–water partition coefficient (Wildman–Crippen LogP) is 2.95. The maximum absolute atomic E-state index is 5.51. The molecule has 0 radical (unpaired) electrons. The normalized spacial score (nSPS) is 10.9. The first-order chi connectivity index (χ1) is 8.36. The second-order valence-electron chi connectivity index (χ2n) is 3.95. The highest BCUT2D eigenvalue weighted by Gasteiger charge is 2.06. The molecule has 3 aromatic rings. The average molecular weight is 224 g/mol. The van der Waals surface area contributed by atoms with Gasteiger partial charge in [-0.25, -0.2) is 0 Å². The van der Waals surface area contributed by atoms with Gasteiger partial charge < -0.3 is 10.3 Å². The molecular weight excluding hydrogens is 212 g/mol. The summed E-state index contributed by atoms with van der Waals surface area (Å²) in [4.78, 5) is 0. The van der Waals surface area contributed by atoms with Gasteiger partial charge in [-0.15, -0.1) is 0 Å². The molecule has 0 bridgehead atoms. The van der Waals surface area contributed by atoms with Crippen molar-refractivity contribution >= 4 is 10.8 Å². The second-order valence-corrected chi connectivity index (χ2v) is 3.95. The Kier molecular flexibility index (Phi) is 2.38.